The summed E-state index contributed by atoms with van der Waals surface area (Å²) in [6.45, 7) is 12.1. The van der Waals surface area contributed by atoms with Crippen molar-refractivity contribution in [2.24, 2.45) is 0 Å². The van der Waals surface area contributed by atoms with Gasteiger partial charge in [-0.05, 0) is 32.6 Å². The van der Waals surface area contributed by atoms with Crippen LogP contribution in [0.1, 0.15) is 59.3 Å². The number of hydrogen-bond donors (Lipinski definition) is 1. The Morgan fingerprint density at radius 1 is 1.16 bits per heavy atom. The Balaban J connectivity index is 1.95. The zero-order valence-corrected chi connectivity index (χ0v) is 13.1. The van der Waals surface area contributed by atoms with Gasteiger partial charge in [-0.15, -0.1) is 0 Å². The van der Waals surface area contributed by atoms with Gasteiger partial charge in [0.2, 0.25) is 0 Å². The lowest BCUT2D eigenvalue weighted by Crippen LogP contribution is -2.68. The molecule has 19 heavy (non-hydrogen) atoms. The van der Waals surface area contributed by atoms with Crippen molar-refractivity contribution >= 4 is 0 Å². The van der Waals surface area contributed by atoms with Crippen LogP contribution in [0.5, 0.6) is 0 Å². The molecule has 1 aliphatic heterocycles. The molecule has 3 nitrogen and oxygen atoms in total. The second-order valence-corrected chi connectivity index (χ2v) is 6.73. The average Bonchev–Trinajstić information content (AvgIpc) is 2.89. The van der Waals surface area contributed by atoms with E-state index in [0.717, 1.165) is 26.2 Å². The molecule has 0 radical (unpaired) electrons. The monoisotopic (exact) mass is 268 g/mol. The summed E-state index contributed by atoms with van der Waals surface area (Å²) in [6.07, 6.45) is 7.86. The first-order chi connectivity index (χ1) is 9.14. The Morgan fingerprint density at radius 2 is 1.89 bits per heavy atom. The quantitative estimate of drug-likeness (QED) is 0.750. The third-order valence-electron chi connectivity index (χ3n) is 5.22. The summed E-state index contributed by atoms with van der Waals surface area (Å²) in [4.78, 5) is 2.75. The second-order valence-electron chi connectivity index (χ2n) is 6.73. The topological polar surface area (TPSA) is 24.5 Å². The molecule has 0 aromatic heterocycles. The van der Waals surface area contributed by atoms with Crippen LogP contribution in [-0.2, 0) is 4.74 Å². The smallest absolute Gasteiger partial charge is 0.0593 e. The number of nitrogens with zero attached hydrogens (tertiary/aromatic N) is 1. The van der Waals surface area contributed by atoms with Gasteiger partial charge in [0.1, 0.15) is 0 Å². The minimum atomic E-state index is 0.290. The van der Waals surface area contributed by atoms with Gasteiger partial charge < -0.3 is 10.1 Å². The van der Waals surface area contributed by atoms with Gasteiger partial charge in [-0.3, -0.25) is 4.90 Å². The van der Waals surface area contributed by atoms with Crippen LogP contribution in [0, 0.1) is 0 Å². The highest BCUT2D eigenvalue weighted by atomic mass is 16.5. The maximum absolute atomic E-state index is 5.73. The molecule has 0 bridgehead atoms. The number of hydrogen-bond acceptors (Lipinski definition) is 3. The lowest BCUT2D eigenvalue weighted by atomic mass is 9.85. The Labute approximate surface area is 119 Å². The van der Waals surface area contributed by atoms with E-state index in [0.29, 0.717) is 11.1 Å². The number of piperazine rings is 1. The van der Waals surface area contributed by atoms with E-state index in [2.05, 4.69) is 31.0 Å². The predicted octanol–water partition coefficient (Wildman–Crippen LogP) is 2.80. The molecular weight excluding hydrogens is 236 g/mol. The predicted molar refractivity (Wildman–Crippen MR) is 80.6 cm³/mol. The molecule has 2 aliphatic rings. The average molecular weight is 268 g/mol. The molecule has 0 amide bonds. The minimum Gasteiger partial charge on any atom is -0.380 e. The molecule has 3 heteroatoms. The Bertz CT molecular complexity index is 276. The highest BCUT2D eigenvalue weighted by molar-refractivity contribution is 5.05. The van der Waals surface area contributed by atoms with Crippen molar-refractivity contribution in [3.8, 4) is 0 Å². The minimum absolute atomic E-state index is 0.290. The van der Waals surface area contributed by atoms with E-state index >= 15 is 0 Å². The summed E-state index contributed by atoms with van der Waals surface area (Å²) in [5.74, 6) is 0. The largest absolute Gasteiger partial charge is 0.380 e. The zero-order chi connectivity index (χ0) is 13.8. The van der Waals surface area contributed by atoms with Gasteiger partial charge in [0.15, 0.2) is 0 Å². The molecule has 0 aromatic rings. The third-order valence-corrected chi connectivity index (χ3v) is 5.22. The van der Waals surface area contributed by atoms with Crippen LogP contribution in [0.25, 0.3) is 0 Å². The molecule has 1 unspecified atom stereocenters. The van der Waals surface area contributed by atoms with Crippen molar-refractivity contribution in [3.05, 3.63) is 0 Å². The van der Waals surface area contributed by atoms with E-state index in [1.807, 2.05) is 0 Å². The summed E-state index contributed by atoms with van der Waals surface area (Å²) < 4.78 is 5.73. The maximum Gasteiger partial charge on any atom is 0.0593 e. The molecule has 1 N–H and O–H groups in total. The summed E-state index contributed by atoms with van der Waals surface area (Å²) in [5, 5.41) is 3.83. The molecule has 1 aliphatic carbocycles. The molecular formula is C16H32N2O. The fourth-order valence-electron chi connectivity index (χ4n) is 3.63. The molecule has 112 valence electrons. The van der Waals surface area contributed by atoms with Gasteiger partial charge in [0, 0.05) is 37.3 Å². The lowest BCUT2D eigenvalue weighted by molar-refractivity contribution is -0.00980. The Kier molecular flexibility index (Phi) is 5.27. The van der Waals surface area contributed by atoms with Crippen molar-refractivity contribution in [3.63, 3.8) is 0 Å². The summed E-state index contributed by atoms with van der Waals surface area (Å²) in [7, 11) is 0. The van der Waals surface area contributed by atoms with Crippen molar-refractivity contribution in [2.45, 2.75) is 70.4 Å². The highest BCUT2D eigenvalue weighted by Gasteiger charge is 2.46. The SMILES string of the molecule is CCCOCCN1CC(C)(CC)NCC12CCCC2. The van der Waals surface area contributed by atoms with Crippen molar-refractivity contribution in [1.82, 2.24) is 10.2 Å². The van der Waals surface area contributed by atoms with E-state index in [1.165, 1.54) is 45.2 Å². The van der Waals surface area contributed by atoms with E-state index in [-0.39, 0.29) is 0 Å². The Hall–Kier alpha value is -0.120. The standard InChI is InChI=1S/C16H32N2O/c1-4-11-19-12-10-18-14-15(3,5-2)17-13-16(18)8-6-7-9-16/h17H,4-14H2,1-3H3. The van der Waals surface area contributed by atoms with Crippen molar-refractivity contribution in [2.75, 3.05) is 32.8 Å². The van der Waals surface area contributed by atoms with Gasteiger partial charge in [0.25, 0.3) is 0 Å². The molecule has 1 atom stereocenters. The van der Waals surface area contributed by atoms with Gasteiger partial charge in [0.05, 0.1) is 6.61 Å². The van der Waals surface area contributed by atoms with Crippen molar-refractivity contribution < 1.29 is 4.74 Å². The van der Waals surface area contributed by atoms with Crippen molar-refractivity contribution in [1.29, 1.82) is 0 Å². The molecule has 2 fully saturated rings. The fourth-order valence-corrected chi connectivity index (χ4v) is 3.63. The van der Waals surface area contributed by atoms with Crippen LogP contribution in [0.4, 0.5) is 0 Å². The van der Waals surface area contributed by atoms with Crippen LogP contribution in [0.2, 0.25) is 0 Å². The summed E-state index contributed by atoms with van der Waals surface area (Å²) in [5.41, 5.74) is 0.725. The third kappa shape index (κ3) is 3.50. The zero-order valence-electron chi connectivity index (χ0n) is 13.1. The second kappa shape index (κ2) is 6.55. The maximum atomic E-state index is 5.73. The van der Waals surface area contributed by atoms with Gasteiger partial charge in [-0.1, -0.05) is 26.7 Å². The van der Waals surface area contributed by atoms with Crippen LogP contribution in [0.3, 0.4) is 0 Å². The van der Waals surface area contributed by atoms with Gasteiger partial charge >= 0.3 is 0 Å². The van der Waals surface area contributed by atoms with E-state index in [4.69, 9.17) is 4.74 Å². The van der Waals surface area contributed by atoms with Crippen LogP contribution >= 0.6 is 0 Å². The normalized spacial score (nSPS) is 31.1. The first-order valence-corrected chi connectivity index (χ1v) is 8.22. The number of ether oxygens (including phenoxy) is 1. The fraction of sp³-hybridized carbons (Fsp3) is 1.00. The highest BCUT2D eigenvalue weighted by Crippen LogP contribution is 2.38. The summed E-state index contributed by atoms with van der Waals surface area (Å²) >= 11 is 0. The molecule has 1 spiro atoms. The van der Waals surface area contributed by atoms with Crippen LogP contribution < -0.4 is 5.32 Å². The molecule has 2 rings (SSSR count). The first kappa shape index (κ1) is 15.3. The number of nitrogens with one attached hydrogen (secondary N) is 1. The van der Waals surface area contributed by atoms with E-state index in [9.17, 15) is 0 Å². The van der Waals surface area contributed by atoms with Gasteiger partial charge in [-0.25, -0.2) is 0 Å². The van der Waals surface area contributed by atoms with Gasteiger partial charge in [-0.2, -0.15) is 0 Å². The van der Waals surface area contributed by atoms with Crippen LogP contribution in [-0.4, -0.2) is 48.8 Å². The molecule has 0 aromatic carbocycles. The lowest BCUT2D eigenvalue weighted by Gasteiger charge is -2.52. The number of rotatable bonds is 6. The molecule has 1 saturated heterocycles. The first-order valence-electron chi connectivity index (χ1n) is 8.22. The molecule has 1 saturated carbocycles. The van der Waals surface area contributed by atoms with E-state index < -0.39 is 0 Å². The van der Waals surface area contributed by atoms with E-state index in [1.54, 1.807) is 0 Å². The van der Waals surface area contributed by atoms with Crippen LogP contribution in [0.15, 0.2) is 0 Å². The molecule has 1 heterocycles. The summed E-state index contributed by atoms with van der Waals surface area (Å²) in [6, 6.07) is 0. The Morgan fingerprint density at radius 3 is 2.53 bits per heavy atom.